The Morgan fingerprint density at radius 1 is 1.00 bits per heavy atom. The Morgan fingerprint density at radius 2 is 1.74 bits per heavy atom. The van der Waals surface area contributed by atoms with Crippen LogP contribution < -0.4 is 4.90 Å². The van der Waals surface area contributed by atoms with Gasteiger partial charge in [-0.25, -0.2) is 9.37 Å². The fourth-order valence-electron chi connectivity index (χ4n) is 3.50. The Balaban J connectivity index is 1.64. The number of nitriles is 1. The number of aromatic nitrogens is 2. The minimum atomic E-state index is -0.429. The fourth-order valence-corrected chi connectivity index (χ4v) is 3.85. The lowest BCUT2D eigenvalue weighted by atomic mass is 10.0. The van der Waals surface area contributed by atoms with Crippen molar-refractivity contribution < 1.29 is 4.39 Å². The maximum absolute atomic E-state index is 14.3. The first-order valence-corrected chi connectivity index (χ1v) is 11.1. The van der Waals surface area contributed by atoms with E-state index < -0.39 is 5.82 Å². The molecule has 0 aliphatic carbocycles. The van der Waals surface area contributed by atoms with E-state index in [1.54, 1.807) is 30.1 Å². The summed E-state index contributed by atoms with van der Waals surface area (Å²) in [5, 5.41) is 10.2. The molecule has 0 amide bonds. The highest BCUT2D eigenvalue weighted by atomic mass is 32.2. The molecule has 0 atom stereocenters. The zero-order valence-electron chi connectivity index (χ0n) is 17.6. The number of halogens is 1. The Hall–Kier alpha value is -3.43. The predicted octanol–water partition coefficient (Wildman–Crippen LogP) is 6.36. The van der Waals surface area contributed by atoms with Gasteiger partial charge in [-0.3, -0.25) is 4.98 Å². The summed E-state index contributed by atoms with van der Waals surface area (Å²) in [7, 11) is 1.91. The number of fused-ring (bicyclic) bond motifs is 1. The van der Waals surface area contributed by atoms with Gasteiger partial charge in [0.05, 0.1) is 22.8 Å². The van der Waals surface area contributed by atoms with Crippen molar-refractivity contribution in [2.75, 3.05) is 18.2 Å². The molecule has 1 aromatic heterocycles. The molecule has 0 aliphatic rings. The molecule has 3 aromatic carbocycles. The number of rotatable bonds is 5. The third-order valence-corrected chi connectivity index (χ3v) is 5.95. The first kappa shape index (κ1) is 20.8. The van der Waals surface area contributed by atoms with E-state index in [4.69, 9.17) is 0 Å². The molecule has 31 heavy (non-hydrogen) atoms. The van der Waals surface area contributed by atoms with Crippen molar-refractivity contribution in [3.8, 4) is 17.2 Å². The van der Waals surface area contributed by atoms with Gasteiger partial charge in [-0.05, 0) is 65.8 Å². The molecular weight excluding hydrogens is 407 g/mol. The van der Waals surface area contributed by atoms with Gasteiger partial charge in [0.1, 0.15) is 16.9 Å². The minimum Gasteiger partial charge on any atom is -0.345 e. The van der Waals surface area contributed by atoms with E-state index in [0.29, 0.717) is 12.0 Å². The van der Waals surface area contributed by atoms with Crippen LogP contribution in [0.2, 0.25) is 0 Å². The van der Waals surface area contributed by atoms with Crippen molar-refractivity contribution in [3.63, 3.8) is 0 Å². The topological polar surface area (TPSA) is 52.8 Å². The number of aryl methyl sites for hydroxylation is 1. The van der Waals surface area contributed by atoms with E-state index in [-0.39, 0.29) is 5.56 Å². The lowest BCUT2D eigenvalue weighted by molar-refractivity contribution is 0.608. The molecule has 6 heteroatoms. The molecule has 0 aliphatic heterocycles. The smallest absolute Gasteiger partial charge is 0.144 e. The zero-order valence-corrected chi connectivity index (χ0v) is 18.4. The summed E-state index contributed by atoms with van der Waals surface area (Å²) in [5.41, 5.74) is 6.22. The summed E-state index contributed by atoms with van der Waals surface area (Å²) >= 11 is 1.58. The van der Waals surface area contributed by atoms with Gasteiger partial charge in [0, 0.05) is 18.4 Å². The number of hydrogen-bond acceptors (Lipinski definition) is 5. The molecule has 0 saturated heterocycles. The summed E-state index contributed by atoms with van der Waals surface area (Å²) < 4.78 is 14.3. The van der Waals surface area contributed by atoms with Crippen LogP contribution in [0.3, 0.4) is 0 Å². The third kappa shape index (κ3) is 4.10. The Kier molecular flexibility index (Phi) is 5.88. The molecule has 1 heterocycles. The third-order valence-electron chi connectivity index (χ3n) is 5.34. The predicted molar refractivity (Wildman–Crippen MR) is 125 cm³/mol. The van der Waals surface area contributed by atoms with Crippen molar-refractivity contribution in [1.29, 1.82) is 5.26 Å². The van der Waals surface area contributed by atoms with Crippen LogP contribution in [0.25, 0.3) is 22.2 Å². The minimum absolute atomic E-state index is 0.0692. The number of benzene rings is 3. The molecule has 4 nitrogen and oxygen atoms in total. The molecule has 0 bridgehead atoms. The lowest BCUT2D eigenvalue weighted by Crippen LogP contribution is -2.11. The van der Waals surface area contributed by atoms with Crippen LogP contribution in [0.4, 0.5) is 15.8 Å². The normalized spacial score (nSPS) is 10.8. The van der Waals surface area contributed by atoms with E-state index in [9.17, 15) is 9.65 Å². The van der Waals surface area contributed by atoms with Crippen LogP contribution >= 0.6 is 11.8 Å². The second-order valence-electron chi connectivity index (χ2n) is 7.15. The molecule has 0 radical (unpaired) electrons. The largest absolute Gasteiger partial charge is 0.345 e. The highest BCUT2D eigenvalue weighted by Crippen LogP contribution is 2.30. The SMILES string of the molecule is CCc1cc(N(C)c2ccc(-c3ccc4nc(SC)cnc4c3)cc2)cc(C#N)c1F. The molecule has 0 saturated carbocycles. The van der Waals surface area contributed by atoms with E-state index in [2.05, 4.69) is 9.97 Å². The molecule has 0 N–H and O–H groups in total. The average Bonchev–Trinajstić information content (AvgIpc) is 2.83. The Bertz CT molecular complexity index is 1300. The van der Waals surface area contributed by atoms with E-state index >= 15 is 0 Å². The van der Waals surface area contributed by atoms with E-state index in [0.717, 1.165) is 38.6 Å². The first-order chi connectivity index (χ1) is 15.0. The molecule has 0 spiro atoms. The standard InChI is InChI=1S/C25H21FN4S/c1-4-16-11-21(12-19(14-27)25(16)26)30(2)20-8-5-17(6-9-20)18-7-10-22-23(13-18)28-15-24(29-22)31-3/h5-13,15H,4H2,1-3H3. The molecule has 0 fully saturated rings. The molecule has 0 unspecified atom stereocenters. The lowest BCUT2D eigenvalue weighted by Gasteiger charge is -2.21. The number of nitrogens with zero attached hydrogens (tertiary/aromatic N) is 4. The van der Waals surface area contributed by atoms with Gasteiger partial charge in [-0.1, -0.05) is 25.1 Å². The number of anilines is 2. The van der Waals surface area contributed by atoms with Crippen LogP contribution in [-0.4, -0.2) is 23.3 Å². The van der Waals surface area contributed by atoms with E-state index in [1.165, 1.54) is 0 Å². The van der Waals surface area contributed by atoms with Crippen molar-refractivity contribution >= 4 is 34.2 Å². The van der Waals surface area contributed by atoms with Gasteiger partial charge in [0.2, 0.25) is 0 Å². The van der Waals surface area contributed by atoms with Crippen LogP contribution in [-0.2, 0) is 6.42 Å². The molecule has 154 valence electrons. The monoisotopic (exact) mass is 428 g/mol. The van der Waals surface area contributed by atoms with Crippen LogP contribution in [0, 0.1) is 17.1 Å². The highest BCUT2D eigenvalue weighted by molar-refractivity contribution is 7.98. The Morgan fingerprint density at radius 3 is 2.42 bits per heavy atom. The van der Waals surface area contributed by atoms with Crippen molar-refractivity contribution in [2.24, 2.45) is 0 Å². The number of hydrogen-bond donors (Lipinski definition) is 0. The zero-order chi connectivity index (χ0) is 22.0. The molecule has 4 rings (SSSR count). The average molecular weight is 429 g/mol. The summed E-state index contributed by atoms with van der Waals surface area (Å²) in [6.45, 7) is 1.88. The van der Waals surface area contributed by atoms with Gasteiger partial charge in [-0.2, -0.15) is 5.26 Å². The van der Waals surface area contributed by atoms with Crippen LogP contribution in [0.5, 0.6) is 0 Å². The second kappa shape index (κ2) is 8.75. The van der Waals surface area contributed by atoms with Gasteiger partial charge in [0.25, 0.3) is 0 Å². The summed E-state index contributed by atoms with van der Waals surface area (Å²) in [5.74, 6) is -0.429. The fraction of sp³-hybridized carbons (Fsp3) is 0.160. The second-order valence-corrected chi connectivity index (χ2v) is 7.98. The summed E-state index contributed by atoms with van der Waals surface area (Å²) in [6, 6.07) is 19.6. The van der Waals surface area contributed by atoms with Gasteiger partial charge in [0.15, 0.2) is 0 Å². The maximum atomic E-state index is 14.3. The van der Waals surface area contributed by atoms with Crippen molar-refractivity contribution in [3.05, 3.63) is 77.7 Å². The molecule has 4 aromatic rings. The van der Waals surface area contributed by atoms with Gasteiger partial charge < -0.3 is 4.90 Å². The van der Waals surface area contributed by atoms with Gasteiger partial charge >= 0.3 is 0 Å². The number of thioether (sulfide) groups is 1. The van der Waals surface area contributed by atoms with E-state index in [1.807, 2.05) is 73.7 Å². The van der Waals surface area contributed by atoms with Crippen LogP contribution in [0.1, 0.15) is 18.1 Å². The Labute approximate surface area is 185 Å². The first-order valence-electron chi connectivity index (χ1n) is 9.91. The quantitative estimate of drug-likeness (QED) is 0.346. The summed E-state index contributed by atoms with van der Waals surface area (Å²) in [4.78, 5) is 11.1. The van der Waals surface area contributed by atoms with Crippen molar-refractivity contribution in [2.45, 2.75) is 18.4 Å². The maximum Gasteiger partial charge on any atom is 0.144 e. The van der Waals surface area contributed by atoms with Crippen molar-refractivity contribution in [1.82, 2.24) is 9.97 Å². The summed E-state index contributed by atoms with van der Waals surface area (Å²) in [6.07, 6.45) is 4.31. The van der Waals surface area contributed by atoms with Gasteiger partial charge in [-0.15, -0.1) is 11.8 Å². The molecular formula is C25H21FN4S. The van der Waals surface area contributed by atoms with Crippen LogP contribution in [0.15, 0.2) is 65.8 Å². The highest BCUT2D eigenvalue weighted by Gasteiger charge is 2.13.